The van der Waals surface area contributed by atoms with Gasteiger partial charge in [-0.3, -0.25) is 43.2 Å². The van der Waals surface area contributed by atoms with Gasteiger partial charge in [0, 0.05) is 59.7 Å². The van der Waals surface area contributed by atoms with Crippen molar-refractivity contribution >= 4 is 70.4 Å². The van der Waals surface area contributed by atoms with E-state index in [1.807, 2.05) is 0 Å². The summed E-state index contributed by atoms with van der Waals surface area (Å²) < 4.78 is 0. The molecular formula is C36H43N11O13. The monoisotopic (exact) mass is 837 g/mol. The van der Waals surface area contributed by atoms with Gasteiger partial charge in [-0.05, 0) is 35.0 Å². The SMILES string of the molecule is NC(=O)CCC(N)C(=O)CCC(=O)O.[N-]=[N+]=Nc1ccc(CC(=O)NC(CCC(N)=O)C(=O)CCC(=O)O)cc1.[N-]=[N+]=Nc1ccc(CC(=O)ON2C(=O)CCC2=O)cc1. The smallest absolute Gasteiger partial charge is 0.337 e. The summed E-state index contributed by atoms with van der Waals surface area (Å²) in [6, 6.07) is 10.8. The molecule has 3 rings (SSSR count). The summed E-state index contributed by atoms with van der Waals surface area (Å²) >= 11 is 0. The molecule has 1 heterocycles. The number of hydrogen-bond acceptors (Lipinski definition) is 14. The zero-order valence-corrected chi connectivity index (χ0v) is 32.0. The molecular weight excluding hydrogens is 794 g/mol. The van der Waals surface area contributed by atoms with Gasteiger partial charge in [0.25, 0.3) is 11.8 Å². The molecule has 320 valence electrons. The van der Waals surface area contributed by atoms with E-state index in [2.05, 4.69) is 25.4 Å². The molecule has 24 heteroatoms. The number of hydrogen-bond donors (Lipinski definition) is 6. The van der Waals surface area contributed by atoms with Gasteiger partial charge in [0.05, 0.1) is 37.8 Å². The molecule has 9 N–H and O–H groups in total. The predicted molar refractivity (Wildman–Crippen MR) is 206 cm³/mol. The van der Waals surface area contributed by atoms with Crippen LogP contribution in [0.5, 0.6) is 0 Å². The number of hydroxylamine groups is 2. The molecule has 1 aliphatic heterocycles. The third-order valence-electron chi connectivity index (χ3n) is 7.79. The van der Waals surface area contributed by atoms with Crippen LogP contribution >= 0.6 is 0 Å². The number of imide groups is 1. The molecule has 2 aromatic carbocycles. The number of Topliss-reactive ketones (excluding diaryl/α,β-unsaturated/α-hetero) is 2. The molecule has 2 unspecified atom stereocenters. The summed E-state index contributed by atoms with van der Waals surface area (Å²) in [5, 5.41) is 26.8. The van der Waals surface area contributed by atoms with Crippen LogP contribution in [0.1, 0.15) is 75.3 Å². The summed E-state index contributed by atoms with van der Waals surface area (Å²) in [6.45, 7) is 0. The molecule has 0 saturated carbocycles. The lowest BCUT2D eigenvalue weighted by Crippen LogP contribution is -2.42. The van der Waals surface area contributed by atoms with Gasteiger partial charge in [-0.2, -0.15) is 0 Å². The second-order valence-corrected chi connectivity index (χ2v) is 12.6. The lowest BCUT2D eigenvalue weighted by molar-refractivity contribution is -0.197. The summed E-state index contributed by atoms with van der Waals surface area (Å²) in [5.41, 5.74) is 34.0. The van der Waals surface area contributed by atoms with Crippen molar-refractivity contribution in [3.05, 3.63) is 80.5 Å². The first-order valence-corrected chi connectivity index (χ1v) is 17.8. The lowest BCUT2D eigenvalue weighted by atomic mass is 10.0. The van der Waals surface area contributed by atoms with E-state index in [-0.39, 0.29) is 82.8 Å². The number of azide groups is 2. The fourth-order valence-corrected chi connectivity index (χ4v) is 4.73. The first-order valence-electron chi connectivity index (χ1n) is 17.8. The quantitative estimate of drug-likeness (QED) is 0.0428. The van der Waals surface area contributed by atoms with Crippen molar-refractivity contribution in [1.29, 1.82) is 0 Å². The Balaban J connectivity index is 0.000000472. The van der Waals surface area contributed by atoms with Gasteiger partial charge in [-0.1, -0.05) is 58.8 Å². The van der Waals surface area contributed by atoms with Gasteiger partial charge < -0.3 is 37.6 Å². The summed E-state index contributed by atoms with van der Waals surface area (Å²) in [6.07, 6.45) is -0.821. The fourth-order valence-electron chi connectivity index (χ4n) is 4.73. The third kappa shape index (κ3) is 21.6. The van der Waals surface area contributed by atoms with Gasteiger partial charge in [-0.15, -0.1) is 5.06 Å². The number of nitrogens with zero attached hydrogens (tertiary/aromatic N) is 7. The highest BCUT2D eigenvalue weighted by Gasteiger charge is 2.32. The zero-order valence-electron chi connectivity index (χ0n) is 32.0. The highest BCUT2D eigenvalue weighted by Crippen LogP contribution is 2.17. The van der Waals surface area contributed by atoms with Crippen LogP contribution in [0.4, 0.5) is 11.4 Å². The van der Waals surface area contributed by atoms with Crippen LogP contribution in [-0.2, 0) is 65.6 Å². The average Bonchev–Trinajstić information content (AvgIpc) is 3.50. The Morgan fingerprint density at radius 1 is 0.683 bits per heavy atom. The Bertz CT molecular complexity index is 1980. The molecule has 0 bridgehead atoms. The van der Waals surface area contributed by atoms with Crippen LogP contribution in [0.2, 0.25) is 0 Å². The molecule has 5 amide bonds. The van der Waals surface area contributed by atoms with Crippen molar-refractivity contribution in [2.45, 2.75) is 89.1 Å². The topological polar surface area (TPSA) is 411 Å². The van der Waals surface area contributed by atoms with Crippen LogP contribution in [0, 0.1) is 0 Å². The van der Waals surface area contributed by atoms with Crippen molar-refractivity contribution in [1.82, 2.24) is 10.4 Å². The van der Waals surface area contributed by atoms with Crippen LogP contribution in [-0.4, -0.2) is 86.4 Å². The minimum atomic E-state index is -1.13. The average molecular weight is 838 g/mol. The van der Waals surface area contributed by atoms with E-state index in [0.717, 1.165) is 0 Å². The van der Waals surface area contributed by atoms with Gasteiger partial charge >= 0.3 is 17.9 Å². The standard InChI is InChI=1S/C16H19N5O5.C12H10N4O4.C8H14N2O4/c17-14(23)7-5-12(13(22)6-8-16(25)26)19-15(24)9-10-1-3-11(4-2-10)20-21-18;13-15-14-9-3-1-8(2-4-9)7-12(19)20-16-10(17)5-6-11(16)18;9-5(1-3-7(10)12)6(11)2-4-8(13)14/h1-4,12H,5-9H2,(H2,17,23)(H,19,24)(H,25,26);1-4H,5-7H2;5H,1-4,9H2,(H2,10,12)(H,13,14). The Kier molecular flexibility index (Phi) is 22.7. The second kappa shape index (κ2) is 27.0. The molecule has 0 radical (unpaired) electrons. The van der Waals surface area contributed by atoms with E-state index in [1.165, 1.54) is 0 Å². The van der Waals surface area contributed by atoms with Crippen molar-refractivity contribution in [2.24, 2.45) is 27.4 Å². The number of benzene rings is 2. The van der Waals surface area contributed by atoms with E-state index in [1.54, 1.807) is 48.5 Å². The van der Waals surface area contributed by atoms with E-state index >= 15 is 0 Å². The number of carboxylic acid groups (broad SMARTS) is 2. The van der Waals surface area contributed by atoms with E-state index in [0.29, 0.717) is 27.6 Å². The van der Waals surface area contributed by atoms with Crippen LogP contribution < -0.4 is 22.5 Å². The number of carbonyl (C=O) groups is 10. The first kappa shape index (κ1) is 50.3. The first-order chi connectivity index (χ1) is 28.3. The summed E-state index contributed by atoms with van der Waals surface area (Å²) in [5.74, 6) is -6.32. The van der Waals surface area contributed by atoms with E-state index in [4.69, 9.17) is 43.3 Å². The number of nitrogens with one attached hydrogen (secondary N) is 1. The Hall–Kier alpha value is -7.68. The van der Waals surface area contributed by atoms with Gasteiger partial charge in [-0.25, -0.2) is 4.79 Å². The zero-order chi connectivity index (χ0) is 45.2. The highest BCUT2D eigenvalue weighted by atomic mass is 16.7. The summed E-state index contributed by atoms with van der Waals surface area (Å²) in [7, 11) is 0. The molecule has 0 aliphatic carbocycles. The largest absolute Gasteiger partial charge is 0.481 e. The maximum absolute atomic E-state index is 12.1. The number of amides is 5. The Labute approximate surface area is 340 Å². The highest BCUT2D eigenvalue weighted by molar-refractivity contribution is 6.01. The molecule has 0 aromatic heterocycles. The van der Waals surface area contributed by atoms with Crippen molar-refractivity contribution in [3.63, 3.8) is 0 Å². The van der Waals surface area contributed by atoms with E-state index in [9.17, 15) is 47.9 Å². The number of nitrogens with two attached hydrogens (primary N) is 3. The van der Waals surface area contributed by atoms with Crippen molar-refractivity contribution in [3.8, 4) is 0 Å². The normalized spacial score (nSPS) is 12.3. The minimum absolute atomic E-state index is 0.00927. The van der Waals surface area contributed by atoms with Gasteiger partial charge in [0.1, 0.15) is 5.78 Å². The van der Waals surface area contributed by atoms with Gasteiger partial charge in [0.2, 0.25) is 17.7 Å². The Morgan fingerprint density at radius 2 is 1.12 bits per heavy atom. The molecule has 0 spiro atoms. The molecule has 2 aromatic rings. The predicted octanol–water partition coefficient (Wildman–Crippen LogP) is 2.15. The molecule has 1 aliphatic rings. The summed E-state index contributed by atoms with van der Waals surface area (Å²) in [4.78, 5) is 122. The molecule has 24 nitrogen and oxygen atoms in total. The molecule has 1 fully saturated rings. The fraction of sp³-hybridized carbons (Fsp3) is 0.389. The second-order valence-electron chi connectivity index (χ2n) is 12.6. The molecule has 60 heavy (non-hydrogen) atoms. The number of carboxylic acids is 2. The number of carbonyl (C=O) groups excluding carboxylic acids is 8. The number of aliphatic carboxylic acids is 2. The van der Waals surface area contributed by atoms with Crippen molar-refractivity contribution < 1.29 is 63.0 Å². The lowest BCUT2D eigenvalue weighted by Gasteiger charge is -2.17. The number of primary amides is 2. The number of ketones is 2. The van der Waals surface area contributed by atoms with E-state index < -0.39 is 65.3 Å². The van der Waals surface area contributed by atoms with Crippen molar-refractivity contribution in [2.75, 3.05) is 0 Å². The minimum Gasteiger partial charge on any atom is -0.481 e. The maximum atomic E-state index is 12.1. The Morgan fingerprint density at radius 3 is 1.55 bits per heavy atom. The van der Waals surface area contributed by atoms with Crippen LogP contribution in [0.25, 0.3) is 20.9 Å². The van der Waals surface area contributed by atoms with Crippen LogP contribution in [0.3, 0.4) is 0 Å². The maximum Gasteiger partial charge on any atom is 0.337 e. The third-order valence-corrected chi connectivity index (χ3v) is 7.79. The van der Waals surface area contributed by atoms with Gasteiger partial charge in [0.15, 0.2) is 5.78 Å². The molecule has 1 saturated heterocycles. The number of rotatable bonds is 22. The van der Waals surface area contributed by atoms with Crippen LogP contribution in [0.15, 0.2) is 58.8 Å². The molecule has 2 atom stereocenters.